The molecule has 0 aliphatic carbocycles. The monoisotopic (exact) mass is 331 g/mol. The van der Waals surface area contributed by atoms with E-state index in [9.17, 15) is 18.4 Å². The van der Waals surface area contributed by atoms with Crippen molar-refractivity contribution in [2.24, 2.45) is 4.99 Å². The number of carbonyl (C=O) groups is 2. The summed E-state index contributed by atoms with van der Waals surface area (Å²) >= 11 is 0. The number of carbonyl (C=O) groups excluding carboxylic acids is 2. The second-order valence-corrected chi connectivity index (χ2v) is 5.00. The zero-order chi connectivity index (χ0) is 17.5. The number of nitrogens with zero attached hydrogens (tertiary/aromatic N) is 1. The molecule has 24 heavy (non-hydrogen) atoms. The molecule has 0 aliphatic heterocycles. The molecule has 0 aromatic heterocycles. The van der Waals surface area contributed by atoms with E-state index in [-0.39, 0.29) is 30.0 Å². The van der Waals surface area contributed by atoms with Gasteiger partial charge in [-0.15, -0.1) is 0 Å². The average Bonchev–Trinajstić information content (AvgIpc) is 2.57. The van der Waals surface area contributed by atoms with E-state index in [4.69, 9.17) is 0 Å². The minimum Gasteiger partial charge on any atom is -0.465 e. The summed E-state index contributed by atoms with van der Waals surface area (Å²) in [7, 11) is 1.17. The van der Waals surface area contributed by atoms with Gasteiger partial charge in [-0.1, -0.05) is 30.3 Å². The highest BCUT2D eigenvalue weighted by Crippen LogP contribution is 2.10. The number of Topliss-reactive ketones (excluding diaryl/α,β-unsaturated/α-hetero) is 1. The fourth-order valence-electron chi connectivity index (χ4n) is 2.10. The van der Waals surface area contributed by atoms with Gasteiger partial charge in [0, 0.05) is 18.1 Å². The van der Waals surface area contributed by atoms with Crippen LogP contribution in [0.25, 0.3) is 0 Å². The van der Waals surface area contributed by atoms with Gasteiger partial charge in [0.15, 0.2) is 5.78 Å². The van der Waals surface area contributed by atoms with Crippen LogP contribution in [0.4, 0.5) is 8.78 Å². The zero-order valence-corrected chi connectivity index (χ0v) is 13.0. The lowest BCUT2D eigenvalue weighted by Crippen LogP contribution is -2.20. The Morgan fingerprint density at radius 1 is 1.04 bits per heavy atom. The lowest BCUT2D eigenvalue weighted by molar-refractivity contribution is -0.132. The molecule has 0 saturated heterocycles. The van der Waals surface area contributed by atoms with Gasteiger partial charge in [-0.05, 0) is 17.7 Å². The van der Waals surface area contributed by atoms with Crippen LogP contribution in [0.1, 0.15) is 15.9 Å². The first-order chi connectivity index (χ1) is 11.5. The maximum atomic E-state index is 13.2. The number of aliphatic imine (C=N–C) groups is 1. The number of hydrogen-bond acceptors (Lipinski definition) is 4. The summed E-state index contributed by atoms with van der Waals surface area (Å²) in [6.07, 6.45) is -0.135. The normalized spacial score (nSPS) is 11.2. The van der Waals surface area contributed by atoms with Crippen molar-refractivity contribution in [1.29, 1.82) is 0 Å². The van der Waals surface area contributed by atoms with Crippen molar-refractivity contribution in [3.8, 4) is 0 Å². The maximum absolute atomic E-state index is 13.2. The molecular weight excluding hydrogens is 316 g/mol. The standard InChI is InChI=1S/C18H15F2NO3/c1-24-18(23)16(9-12-7-14(19)10-15(20)8-12)21-11-17(22)13-5-3-2-4-6-13/h2-8,10H,9,11H2,1H3. The molecule has 0 atom stereocenters. The topological polar surface area (TPSA) is 55.7 Å². The fraction of sp³-hybridized carbons (Fsp3) is 0.167. The van der Waals surface area contributed by atoms with E-state index in [0.29, 0.717) is 5.56 Å². The molecule has 0 saturated carbocycles. The highest BCUT2D eigenvalue weighted by atomic mass is 19.1. The summed E-state index contributed by atoms with van der Waals surface area (Å²) < 4.78 is 31.1. The number of ether oxygens (including phenoxy) is 1. The summed E-state index contributed by atoms with van der Waals surface area (Å²) in [5, 5.41) is 0. The number of hydrogen-bond donors (Lipinski definition) is 0. The van der Waals surface area contributed by atoms with Crippen molar-refractivity contribution in [1.82, 2.24) is 0 Å². The van der Waals surface area contributed by atoms with Crippen LogP contribution in [-0.4, -0.2) is 31.1 Å². The van der Waals surface area contributed by atoms with Crippen molar-refractivity contribution in [3.05, 3.63) is 71.3 Å². The van der Waals surface area contributed by atoms with Crippen molar-refractivity contribution < 1.29 is 23.1 Å². The third-order valence-electron chi connectivity index (χ3n) is 3.22. The van der Waals surface area contributed by atoms with Crippen molar-refractivity contribution in [2.75, 3.05) is 13.7 Å². The van der Waals surface area contributed by atoms with E-state index in [2.05, 4.69) is 9.73 Å². The summed E-state index contributed by atoms with van der Waals surface area (Å²) in [5.74, 6) is -2.54. The summed E-state index contributed by atoms with van der Waals surface area (Å²) in [6, 6.07) is 11.4. The molecule has 0 radical (unpaired) electrons. The first-order valence-corrected chi connectivity index (χ1v) is 7.14. The van der Waals surface area contributed by atoms with Crippen LogP contribution in [0.5, 0.6) is 0 Å². The molecule has 2 aromatic rings. The molecule has 124 valence electrons. The SMILES string of the molecule is COC(=O)C(Cc1cc(F)cc(F)c1)=NCC(=O)c1ccccc1. The van der Waals surface area contributed by atoms with Gasteiger partial charge in [-0.25, -0.2) is 13.6 Å². The Balaban J connectivity index is 2.18. The van der Waals surface area contributed by atoms with Crippen LogP contribution < -0.4 is 0 Å². The average molecular weight is 331 g/mol. The van der Waals surface area contributed by atoms with E-state index in [1.807, 2.05) is 0 Å². The second-order valence-electron chi connectivity index (χ2n) is 5.00. The molecular formula is C18H15F2NO3. The van der Waals surface area contributed by atoms with Gasteiger partial charge in [0.1, 0.15) is 23.9 Å². The number of rotatable bonds is 6. The van der Waals surface area contributed by atoms with Crippen molar-refractivity contribution in [2.45, 2.75) is 6.42 Å². The first-order valence-electron chi connectivity index (χ1n) is 7.14. The van der Waals surface area contributed by atoms with Gasteiger partial charge >= 0.3 is 5.97 Å². The van der Waals surface area contributed by atoms with E-state index in [1.165, 1.54) is 7.11 Å². The summed E-state index contributed by atoms with van der Waals surface area (Å²) in [4.78, 5) is 27.8. The number of ketones is 1. The van der Waals surface area contributed by atoms with E-state index >= 15 is 0 Å². The molecule has 0 bridgehead atoms. The van der Waals surface area contributed by atoms with Crippen LogP contribution in [0, 0.1) is 11.6 Å². The maximum Gasteiger partial charge on any atom is 0.352 e. The second kappa shape index (κ2) is 8.10. The summed E-state index contributed by atoms with van der Waals surface area (Å²) in [6.45, 7) is -0.258. The van der Waals surface area contributed by atoms with Gasteiger partial charge in [0.05, 0.1) is 7.11 Å². The van der Waals surface area contributed by atoms with Gasteiger partial charge < -0.3 is 4.74 Å². The molecule has 0 N–H and O–H groups in total. The highest BCUT2D eigenvalue weighted by molar-refractivity contribution is 6.37. The number of benzene rings is 2. The molecule has 0 amide bonds. The Morgan fingerprint density at radius 3 is 2.25 bits per heavy atom. The first kappa shape index (κ1) is 17.5. The molecule has 0 fully saturated rings. The van der Waals surface area contributed by atoms with Gasteiger partial charge in [0.2, 0.25) is 0 Å². The fourth-order valence-corrected chi connectivity index (χ4v) is 2.10. The Labute approximate surface area is 137 Å². The predicted octanol–water partition coefficient (Wildman–Crippen LogP) is 3.00. The minimum absolute atomic E-state index is 0.0771. The smallest absolute Gasteiger partial charge is 0.352 e. The Kier molecular flexibility index (Phi) is 5.89. The third-order valence-corrected chi connectivity index (χ3v) is 3.22. The van der Waals surface area contributed by atoms with Crippen LogP contribution in [0.3, 0.4) is 0 Å². The minimum atomic E-state index is -0.755. The summed E-state index contributed by atoms with van der Waals surface area (Å²) in [5.41, 5.74) is 0.609. The third kappa shape index (κ3) is 4.81. The largest absolute Gasteiger partial charge is 0.465 e. The van der Waals surface area contributed by atoms with Crippen LogP contribution in [0.15, 0.2) is 53.5 Å². The lowest BCUT2D eigenvalue weighted by atomic mass is 10.1. The Hall–Kier alpha value is -2.89. The molecule has 2 rings (SSSR count). The van der Waals surface area contributed by atoms with Gasteiger partial charge in [-0.3, -0.25) is 9.79 Å². The highest BCUT2D eigenvalue weighted by Gasteiger charge is 2.15. The Bertz CT molecular complexity index is 753. The van der Waals surface area contributed by atoms with Gasteiger partial charge in [0.25, 0.3) is 0 Å². The van der Waals surface area contributed by atoms with Crippen molar-refractivity contribution >= 4 is 17.5 Å². The Morgan fingerprint density at radius 2 is 1.67 bits per heavy atom. The van der Waals surface area contributed by atoms with Gasteiger partial charge in [-0.2, -0.15) is 0 Å². The molecule has 6 heteroatoms. The quantitative estimate of drug-likeness (QED) is 0.464. The zero-order valence-electron chi connectivity index (χ0n) is 13.0. The molecule has 0 heterocycles. The molecule has 0 spiro atoms. The molecule has 0 unspecified atom stereocenters. The van der Waals surface area contributed by atoms with E-state index < -0.39 is 17.6 Å². The molecule has 0 aliphatic rings. The van der Waals surface area contributed by atoms with Crippen LogP contribution in [0.2, 0.25) is 0 Å². The number of methoxy groups -OCH3 is 1. The van der Waals surface area contributed by atoms with Crippen LogP contribution in [-0.2, 0) is 16.0 Å². The number of esters is 1. The van der Waals surface area contributed by atoms with E-state index in [0.717, 1.165) is 18.2 Å². The molecule has 2 aromatic carbocycles. The van der Waals surface area contributed by atoms with Crippen molar-refractivity contribution in [3.63, 3.8) is 0 Å². The lowest BCUT2D eigenvalue weighted by Gasteiger charge is -2.06. The predicted molar refractivity (Wildman–Crippen MR) is 85.2 cm³/mol. The van der Waals surface area contributed by atoms with E-state index in [1.54, 1.807) is 30.3 Å². The number of halogens is 2. The van der Waals surface area contributed by atoms with Crippen LogP contribution >= 0.6 is 0 Å². The molecule has 4 nitrogen and oxygen atoms in total.